The lowest BCUT2D eigenvalue weighted by molar-refractivity contribution is -0.388. The van der Waals surface area contributed by atoms with Gasteiger partial charge in [0.1, 0.15) is 0 Å². The molecular formula is C23H32. The predicted octanol–water partition coefficient (Wildman–Crippen LogP) is 5.38. The Balaban J connectivity index is 1.46. The van der Waals surface area contributed by atoms with Gasteiger partial charge in [-0.05, 0) is 127 Å². The molecule has 10 aliphatic rings. The summed E-state index contributed by atoms with van der Waals surface area (Å²) in [6.45, 7) is 2.88. The van der Waals surface area contributed by atoms with Crippen LogP contribution < -0.4 is 0 Å². The summed E-state index contributed by atoms with van der Waals surface area (Å²) in [5.41, 5.74) is 1.66. The Hall–Kier alpha value is 0. The monoisotopic (exact) mass is 308 g/mol. The van der Waals surface area contributed by atoms with Crippen molar-refractivity contribution in [2.24, 2.45) is 75.9 Å². The molecule has 0 aromatic heterocycles. The number of hydrogen-bond acceptors (Lipinski definition) is 0. The van der Waals surface area contributed by atoms with E-state index >= 15 is 0 Å². The molecule has 10 rings (SSSR count). The van der Waals surface area contributed by atoms with E-state index in [1.54, 1.807) is 57.8 Å². The average Bonchev–Trinajstić information content (AvgIpc) is 2.55. The fourth-order valence-corrected chi connectivity index (χ4v) is 12.7. The molecule has 12 bridgehead atoms. The summed E-state index contributed by atoms with van der Waals surface area (Å²) in [7, 11) is 0. The largest absolute Gasteiger partial charge is 0.0588 e. The molecule has 0 nitrogen and oxygen atoms in total. The van der Waals surface area contributed by atoms with Crippen LogP contribution in [-0.2, 0) is 0 Å². The third kappa shape index (κ3) is 0.996. The molecule has 0 heterocycles. The molecule has 0 amide bonds. The molecule has 23 heavy (non-hydrogen) atoms. The van der Waals surface area contributed by atoms with Gasteiger partial charge in [0.05, 0.1) is 0 Å². The first-order valence-corrected chi connectivity index (χ1v) is 11.2. The van der Waals surface area contributed by atoms with E-state index in [2.05, 4.69) is 6.92 Å². The zero-order chi connectivity index (χ0) is 14.7. The van der Waals surface area contributed by atoms with E-state index < -0.39 is 0 Å². The zero-order valence-electron chi connectivity index (χ0n) is 14.7. The summed E-state index contributed by atoms with van der Waals surface area (Å²) in [6.07, 6.45) is 15.1. The quantitative estimate of drug-likeness (QED) is 0.564. The Morgan fingerprint density at radius 1 is 0.652 bits per heavy atom. The predicted molar refractivity (Wildman–Crippen MR) is 90.5 cm³/mol. The first-order valence-electron chi connectivity index (χ1n) is 11.2. The molecule has 13 atom stereocenters. The Labute approximate surface area is 141 Å². The first-order chi connectivity index (χ1) is 11.2. The Kier molecular flexibility index (Phi) is 1.79. The minimum absolute atomic E-state index is 0.797. The van der Waals surface area contributed by atoms with Crippen molar-refractivity contribution >= 4 is 0 Å². The number of fused-ring (bicyclic) bond motifs is 1. The van der Waals surface area contributed by atoms with Crippen molar-refractivity contribution in [3.8, 4) is 0 Å². The topological polar surface area (TPSA) is 0 Å². The zero-order valence-corrected chi connectivity index (χ0v) is 14.7. The molecule has 0 heteroatoms. The van der Waals surface area contributed by atoms with E-state index in [0.29, 0.717) is 0 Å². The molecule has 10 aliphatic carbocycles. The van der Waals surface area contributed by atoms with Crippen LogP contribution in [0.3, 0.4) is 0 Å². The third-order valence-corrected chi connectivity index (χ3v) is 12.3. The van der Waals surface area contributed by atoms with Gasteiger partial charge in [-0.1, -0.05) is 13.3 Å². The fraction of sp³-hybridized carbons (Fsp3) is 1.00. The van der Waals surface area contributed by atoms with Gasteiger partial charge in [0, 0.05) is 0 Å². The van der Waals surface area contributed by atoms with E-state index in [9.17, 15) is 0 Å². The summed E-state index contributed by atoms with van der Waals surface area (Å²) in [5.74, 6) is 13.1. The van der Waals surface area contributed by atoms with Crippen LogP contribution >= 0.6 is 0 Å². The van der Waals surface area contributed by atoms with Crippen molar-refractivity contribution in [3.05, 3.63) is 0 Å². The Morgan fingerprint density at radius 3 is 2.43 bits per heavy atom. The van der Waals surface area contributed by atoms with Crippen LogP contribution in [0.1, 0.15) is 64.7 Å². The van der Waals surface area contributed by atoms with Gasteiger partial charge in [-0.15, -0.1) is 0 Å². The van der Waals surface area contributed by atoms with Gasteiger partial charge in [-0.25, -0.2) is 0 Å². The van der Waals surface area contributed by atoms with Gasteiger partial charge in [0.25, 0.3) is 0 Å². The van der Waals surface area contributed by atoms with Gasteiger partial charge in [-0.3, -0.25) is 0 Å². The molecular weight excluding hydrogens is 276 g/mol. The maximum absolute atomic E-state index is 2.88. The molecule has 0 aromatic carbocycles. The fourth-order valence-electron chi connectivity index (χ4n) is 12.7. The Morgan fingerprint density at radius 2 is 1.48 bits per heavy atom. The minimum Gasteiger partial charge on any atom is -0.0588 e. The van der Waals surface area contributed by atoms with E-state index in [1.807, 2.05) is 0 Å². The van der Waals surface area contributed by atoms with Crippen LogP contribution in [0.5, 0.6) is 0 Å². The molecule has 0 saturated heterocycles. The van der Waals surface area contributed by atoms with Gasteiger partial charge in [0.2, 0.25) is 0 Å². The van der Waals surface area contributed by atoms with E-state index in [1.165, 1.54) is 53.3 Å². The summed E-state index contributed by atoms with van der Waals surface area (Å²) < 4.78 is 0. The third-order valence-electron chi connectivity index (χ3n) is 12.3. The van der Waals surface area contributed by atoms with Crippen molar-refractivity contribution in [2.45, 2.75) is 64.7 Å². The molecule has 13 unspecified atom stereocenters. The van der Waals surface area contributed by atoms with E-state index in [4.69, 9.17) is 0 Å². The molecule has 0 radical (unpaired) electrons. The van der Waals surface area contributed by atoms with E-state index in [0.717, 1.165) is 22.7 Å². The normalized spacial score (nSPS) is 77.9. The van der Waals surface area contributed by atoms with Gasteiger partial charge < -0.3 is 0 Å². The standard InChI is InChI=1S/C23H32/c1-22-9-12-5-16-15-8-18-17(20(16)22)7-13-3-2-11-4-14(13)21(18)23(22,10-11)19(15)6-12/h11-21H,2-10H2,1H3. The van der Waals surface area contributed by atoms with Crippen molar-refractivity contribution < 1.29 is 0 Å². The minimum atomic E-state index is 0.797. The Bertz CT molecular complexity index is 622. The van der Waals surface area contributed by atoms with Crippen LogP contribution in [0.2, 0.25) is 0 Å². The second-order valence-corrected chi connectivity index (χ2v) is 12.1. The summed E-state index contributed by atoms with van der Waals surface area (Å²) in [6, 6.07) is 0. The highest BCUT2D eigenvalue weighted by molar-refractivity contribution is 5.30. The number of rotatable bonds is 0. The van der Waals surface area contributed by atoms with Gasteiger partial charge in [0.15, 0.2) is 0 Å². The SMILES string of the molecule is CC12CC3CC4C5CC6C(CC7CCC8CC7C6C1(C8)C5C3)C42. The lowest BCUT2D eigenvalue weighted by Gasteiger charge is -2.87. The summed E-state index contributed by atoms with van der Waals surface area (Å²) in [5, 5.41) is 0. The van der Waals surface area contributed by atoms with Crippen LogP contribution in [0, 0.1) is 75.9 Å². The summed E-state index contributed by atoms with van der Waals surface area (Å²) >= 11 is 0. The van der Waals surface area contributed by atoms with Gasteiger partial charge in [-0.2, -0.15) is 0 Å². The maximum atomic E-state index is 2.88. The lowest BCUT2D eigenvalue weighted by atomic mass is 9.18. The maximum Gasteiger partial charge on any atom is -0.0173 e. The molecule has 0 N–H and O–H groups in total. The van der Waals surface area contributed by atoms with Gasteiger partial charge >= 0.3 is 0 Å². The van der Waals surface area contributed by atoms with Crippen molar-refractivity contribution in [3.63, 3.8) is 0 Å². The first kappa shape index (κ1) is 12.4. The summed E-state index contributed by atoms with van der Waals surface area (Å²) in [4.78, 5) is 0. The van der Waals surface area contributed by atoms with Crippen LogP contribution in [0.15, 0.2) is 0 Å². The highest BCUT2D eigenvalue weighted by Crippen LogP contribution is 2.88. The molecule has 0 aromatic rings. The molecule has 10 saturated carbocycles. The highest BCUT2D eigenvalue weighted by atomic mass is 14.9. The van der Waals surface area contributed by atoms with Crippen LogP contribution in [-0.4, -0.2) is 0 Å². The van der Waals surface area contributed by atoms with Crippen molar-refractivity contribution in [1.29, 1.82) is 0 Å². The van der Waals surface area contributed by atoms with Crippen molar-refractivity contribution in [2.75, 3.05) is 0 Å². The second-order valence-electron chi connectivity index (χ2n) is 12.1. The molecule has 1 spiro atoms. The molecule has 124 valence electrons. The van der Waals surface area contributed by atoms with E-state index in [-0.39, 0.29) is 0 Å². The lowest BCUT2D eigenvalue weighted by Crippen LogP contribution is -2.81. The number of hydrogen-bond donors (Lipinski definition) is 0. The van der Waals surface area contributed by atoms with Crippen LogP contribution in [0.25, 0.3) is 0 Å². The smallest absolute Gasteiger partial charge is 0.0173 e. The molecule has 0 aliphatic heterocycles. The van der Waals surface area contributed by atoms with Crippen molar-refractivity contribution in [1.82, 2.24) is 0 Å². The molecule has 10 fully saturated rings. The highest BCUT2D eigenvalue weighted by Gasteiger charge is 2.82. The second kappa shape index (κ2) is 3.33. The van der Waals surface area contributed by atoms with Crippen LogP contribution in [0.4, 0.5) is 0 Å². The average molecular weight is 309 g/mol.